The average Bonchev–Trinajstić information content (AvgIpc) is 2.25. The number of hydrogen-bond acceptors (Lipinski definition) is 3. The SMILES string of the molecule is C#CCC(CC)NS(=O)(=O)c1c(N)cc(Br)cc1Br. The average molecular weight is 410 g/mol. The number of nitrogens with one attached hydrogen (secondary N) is 1. The summed E-state index contributed by atoms with van der Waals surface area (Å²) in [5.41, 5.74) is 5.95. The first-order valence-corrected chi connectivity index (χ1v) is 8.59. The lowest BCUT2D eigenvalue weighted by Gasteiger charge is -2.16. The zero-order valence-corrected chi connectivity index (χ0v) is 14.3. The summed E-state index contributed by atoms with van der Waals surface area (Å²) in [6.07, 6.45) is 6.16. The van der Waals surface area contributed by atoms with Gasteiger partial charge in [-0.1, -0.05) is 22.9 Å². The maximum absolute atomic E-state index is 12.3. The Morgan fingerprint density at radius 2 is 2.11 bits per heavy atom. The van der Waals surface area contributed by atoms with E-state index in [2.05, 4.69) is 42.5 Å². The minimum Gasteiger partial charge on any atom is -0.398 e. The van der Waals surface area contributed by atoms with Crippen molar-refractivity contribution in [1.29, 1.82) is 0 Å². The fraction of sp³-hybridized carbons (Fsp3) is 0.333. The van der Waals surface area contributed by atoms with Gasteiger partial charge >= 0.3 is 0 Å². The van der Waals surface area contributed by atoms with Gasteiger partial charge < -0.3 is 5.73 Å². The van der Waals surface area contributed by atoms with E-state index in [4.69, 9.17) is 12.2 Å². The molecule has 0 radical (unpaired) electrons. The van der Waals surface area contributed by atoms with E-state index in [1.54, 1.807) is 12.1 Å². The number of benzene rings is 1. The smallest absolute Gasteiger partial charge is 0.244 e. The van der Waals surface area contributed by atoms with Crippen molar-refractivity contribution in [2.24, 2.45) is 0 Å². The van der Waals surface area contributed by atoms with Crippen molar-refractivity contribution in [2.75, 3.05) is 5.73 Å². The van der Waals surface area contributed by atoms with Gasteiger partial charge in [-0.05, 0) is 34.5 Å². The summed E-state index contributed by atoms with van der Waals surface area (Å²) in [4.78, 5) is 0.0335. The molecular formula is C12H14Br2N2O2S. The number of sulfonamides is 1. The van der Waals surface area contributed by atoms with E-state index in [9.17, 15) is 8.42 Å². The summed E-state index contributed by atoms with van der Waals surface area (Å²) >= 11 is 6.47. The first-order chi connectivity index (χ1) is 8.81. The molecule has 0 fully saturated rings. The first-order valence-electron chi connectivity index (χ1n) is 5.52. The lowest BCUT2D eigenvalue weighted by atomic mass is 10.2. The van der Waals surface area contributed by atoms with Crippen LogP contribution in [0.4, 0.5) is 5.69 Å². The Labute approximate surface area is 130 Å². The first kappa shape index (κ1) is 16.5. The van der Waals surface area contributed by atoms with E-state index in [-0.39, 0.29) is 16.6 Å². The largest absolute Gasteiger partial charge is 0.398 e. The predicted octanol–water partition coefficient (Wildman–Crippen LogP) is 2.87. The highest BCUT2D eigenvalue weighted by Gasteiger charge is 2.24. The summed E-state index contributed by atoms with van der Waals surface area (Å²) in [5.74, 6) is 2.45. The molecule has 7 heteroatoms. The topological polar surface area (TPSA) is 72.2 Å². The van der Waals surface area contributed by atoms with Gasteiger partial charge in [0.25, 0.3) is 0 Å². The molecule has 3 N–H and O–H groups in total. The Kier molecular flexibility index (Phi) is 5.86. The summed E-state index contributed by atoms with van der Waals surface area (Å²) in [6, 6.07) is 2.87. The van der Waals surface area contributed by atoms with E-state index in [1.165, 1.54) is 0 Å². The van der Waals surface area contributed by atoms with E-state index in [0.29, 0.717) is 21.8 Å². The normalized spacial score (nSPS) is 12.9. The van der Waals surface area contributed by atoms with Gasteiger partial charge in [0.1, 0.15) is 4.90 Å². The highest BCUT2D eigenvalue weighted by molar-refractivity contribution is 9.11. The monoisotopic (exact) mass is 408 g/mol. The van der Waals surface area contributed by atoms with Crippen LogP contribution >= 0.6 is 31.9 Å². The van der Waals surface area contributed by atoms with Gasteiger partial charge in [0.15, 0.2) is 0 Å². The summed E-state index contributed by atoms with van der Waals surface area (Å²) < 4.78 is 28.3. The molecule has 104 valence electrons. The fourth-order valence-electron chi connectivity index (χ4n) is 1.55. The molecule has 0 aromatic heterocycles. The van der Waals surface area contributed by atoms with Crippen LogP contribution < -0.4 is 10.5 Å². The van der Waals surface area contributed by atoms with E-state index >= 15 is 0 Å². The molecule has 0 saturated carbocycles. The van der Waals surface area contributed by atoms with Gasteiger partial charge in [0.05, 0.1) is 5.69 Å². The zero-order chi connectivity index (χ0) is 14.6. The molecule has 0 aliphatic heterocycles. The summed E-state index contributed by atoms with van der Waals surface area (Å²) in [6.45, 7) is 1.87. The molecule has 0 aliphatic rings. The third-order valence-electron chi connectivity index (χ3n) is 2.48. The van der Waals surface area contributed by atoms with Gasteiger partial charge in [0, 0.05) is 21.4 Å². The highest BCUT2D eigenvalue weighted by atomic mass is 79.9. The second-order valence-corrected chi connectivity index (χ2v) is 7.36. The molecule has 1 rings (SSSR count). The van der Waals surface area contributed by atoms with Crippen LogP contribution in [0.3, 0.4) is 0 Å². The molecule has 0 saturated heterocycles. The second-order valence-electron chi connectivity index (χ2n) is 3.94. The van der Waals surface area contributed by atoms with Gasteiger partial charge in [0.2, 0.25) is 10.0 Å². The van der Waals surface area contributed by atoms with E-state index in [0.717, 1.165) is 0 Å². The summed E-state index contributed by atoms with van der Waals surface area (Å²) in [7, 11) is -3.71. The number of rotatable bonds is 5. The molecule has 1 unspecified atom stereocenters. The van der Waals surface area contributed by atoms with Crippen LogP contribution in [-0.4, -0.2) is 14.5 Å². The number of nitrogen functional groups attached to an aromatic ring is 1. The number of hydrogen-bond donors (Lipinski definition) is 2. The molecule has 0 aliphatic carbocycles. The van der Waals surface area contributed by atoms with Crippen LogP contribution in [0.5, 0.6) is 0 Å². The quantitative estimate of drug-likeness (QED) is 0.580. The van der Waals surface area contributed by atoms with Crippen LogP contribution in [0.2, 0.25) is 0 Å². The van der Waals surface area contributed by atoms with Gasteiger partial charge in [-0.2, -0.15) is 0 Å². The van der Waals surface area contributed by atoms with Crippen LogP contribution in [-0.2, 0) is 10.0 Å². The highest BCUT2D eigenvalue weighted by Crippen LogP contribution is 2.31. The number of halogens is 2. The van der Waals surface area contributed by atoms with Crippen molar-refractivity contribution in [3.63, 3.8) is 0 Å². The minimum atomic E-state index is -3.71. The van der Waals surface area contributed by atoms with Crippen molar-refractivity contribution in [3.05, 3.63) is 21.1 Å². The standard InChI is InChI=1S/C12H14Br2N2O2S/c1-3-5-9(4-2)16-19(17,18)12-10(14)6-8(13)7-11(12)15/h1,6-7,9,16H,4-5,15H2,2H3. The Morgan fingerprint density at radius 1 is 1.47 bits per heavy atom. The molecular weight excluding hydrogens is 396 g/mol. The summed E-state index contributed by atoms with van der Waals surface area (Å²) in [5, 5.41) is 0. The zero-order valence-electron chi connectivity index (χ0n) is 10.3. The fourth-order valence-corrected chi connectivity index (χ4v) is 4.94. The maximum atomic E-state index is 12.3. The minimum absolute atomic E-state index is 0.0335. The van der Waals surface area contributed by atoms with Crippen LogP contribution in [0.1, 0.15) is 19.8 Å². The second kappa shape index (κ2) is 6.75. The molecule has 1 aromatic rings. The number of nitrogens with two attached hydrogens (primary N) is 1. The Hall–Kier alpha value is -0.550. The molecule has 0 spiro atoms. The van der Waals surface area contributed by atoms with Crippen molar-refractivity contribution < 1.29 is 8.42 Å². The van der Waals surface area contributed by atoms with Crippen molar-refractivity contribution in [1.82, 2.24) is 4.72 Å². The lowest BCUT2D eigenvalue weighted by molar-refractivity contribution is 0.544. The van der Waals surface area contributed by atoms with Crippen molar-refractivity contribution >= 4 is 47.6 Å². The molecule has 19 heavy (non-hydrogen) atoms. The lowest BCUT2D eigenvalue weighted by Crippen LogP contribution is -2.34. The maximum Gasteiger partial charge on any atom is 0.244 e. The van der Waals surface area contributed by atoms with Gasteiger partial charge in [-0.25, -0.2) is 13.1 Å². The Morgan fingerprint density at radius 3 is 2.58 bits per heavy atom. The van der Waals surface area contributed by atoms with Crippen molar-refractivity contribution in [2.45, 2.75) is 30.7 Å². The third kappa shape index (κ3) is 4.21. The molecule has 4 nitrogen and oxygen atoms in total. The van der Waals surface area contributed by atoms with Crippen LogP contribution in [0, 0.1) is 12.3 Å². The van der Waals surface area contributed by atoms with Crippen molar-refractivity contribution in [3.8, 4) is 12.3 Å². The van der Waals surface area contributed by atoms with Gasteiger partial charge in [-0.15, -0.1) is 12.3 Å². The van der Waals surface area contributed by atoms with Gasteiger partial charge in [-0.3, -0.25) is 0 Å². The van der Waals surface area contributed by atoms with Crippen LogP contribution in [0.15, 0.2) is 26.0 Å². The third-order valence-corrected chi connectivity index (χ3v) is 5.47. The van der Waals surface area contributed by atoms with E-state index < -0.39 is 10.0 Å². The number of anilines is 1. The molecule has 1 aromatic carbocycles. The molecule has 0 bridgehead atoms. The Bertz CT molecular complexity index is 586. The van der Waals surface area contributed by atoms with E-state index in [1.807, 2.05) is 6.92 Å². The predicted molar refractivity (Wildman–Crippen MR) is 84.1 cm³/mol. The molecule has 0 amide bonds. The Balaban J connectivity index is 3.18. The number of terminal acetylenes is 1. The molecule has 1 atom stereocenters. The molecule has 0 heterocycles. The van der Waals surface area contributed by atoms with Crippen LogP contribution in [0.25, 0.3) is 0 Å².